The number of aliphatic hydroxyl groups is 1. The fourth-order valence-corrected chi connectivity index (χ4v) is 3.73. The Balaban J connectivity index is 1.85. The molecule has 1 atom stereocenters. The lowest BCUT2D eigenvalue weighted by Crippen LogP contribution is -2.35. The number of hydrogen-bond acceptors (Lipinski definition) is 3. The fraction of sp³-hybridized carbons (Fsp3) is 0.500. The molecule has 0 aliphatic heterocycles. The molecule has 0 amide bonds. The molecule has 0 saturated carbocycles. The lowest BCUT2D eigenvalue weighted by Gasteiger charge is -2.36. The zero-order chi connectivity index (χ0) is 17.6. The highest BCUT2D eigenvalue weighted by atomic mass is 16.3. The van der Waals surface area contributed by atoms with Gasteiger partial charge in [-0.05, 0) is 41.0 Å². The Kier molecular flexibility index (Phi) is 3.91. The van der Waals surface area contributed by atoms with E-state index in [2.05, 4.69) is 50.9 Å². The van der Waals surface area contributed by atoms with Crippen molar-refractivity contribution >= 4 is 11.0 Å². The second-order valence-electron chi connectivity index (χ2n) is 8.67. The van der Waals surface area contributed by atoms with Gasteiger partial charge in [0.05, 0.1) is 0 Å². The van der Waals surface area contributed by atoms with Gasteiger partial charge in [-0.1, -0.05) is 58.9 Å². The SMILES string of the molecule is CC(C)(C)CC(C)(C)C1=CCC(O)(n2nc3ccccc3n2)C=C1. The number of rotatable bonds is 3. The lowest BCUT2D eigenvalue weighted by molar-refractivity contribution is -0.0104. The molecule has 1 aliphatic carbocycles. The molecule has 4 heteroatoms. The van der Waals surface area contributed by atoms with Gasteiger partial charge in [0.2, 0.25) is 0 Å². The Morgan fingerprint density at radius 3 is 2.12 bits per heavy atom. The third-order valence-electron chi connectivity index (χ3n) is 4.54. The number of fused-ring (bicyclic) bond motifs is 1. The topological polar surface area (TPSA) is 50.9 Å². The third-order valence-corrected chi connectivity index (χ3v) is 4.54. The van der Waals surface area contributed by atoms with Gasteiger partial charge in [0, 0.05) is 6.42 Å². The monoisotopic (exact) mass is 325 g/mol. The van der Waals surface area contributed by atoms with Crippen LogP contribution in [0.25, 0.3) is 11.0 Å². The first-order chi connectivity index (χ1) is 11.1. The first-order valence-corrected chi connectivity index (χ1v) is 8.54. The number of nitrogens with zero attached hydrogens (tertiary/aromatic N) is 3. The minimum atomic E-state index is -1.19. The molecule has 4 nitrogen and oxygen atoms in total. The molecule has 1 aromatic heterocycles. The molecular weight excluding hydrogens is 298 g/mol. The van der Waals surface area contributed by atoms with Gasteiger partial charge < -0.3 is 5.11 Å². The van der Waals surface area contributed by atoms with Crippen LogP contribution in [0.2, 0.25) is 0 Å². The first kappa shape index (κ1) is 16.9. The smallest absolute Gasteiger partial charge is 0.199 e. The van der Waals surface area contributed by atoms with Crippen molar-refractivity contribution in [3.63, 3.8) is 0 Å². The Hall–Kier alpha value is -1.94. The fourth-order valence-electron chi connectivity index (χ4n) is 3.73. The largest absolute Gasteiger partial charge is 0.364 e. The summed E-state index contributed by atoms with van der Waals surface area (Å²) in [4.78, 5) is 1.43. The molecule has 1 unspecified atom stereocenters. The van der Waals surface area contributed by atoms with Crippen LogP contribution in [-0.2, 0) is 5.72 Å². The Labute approximate surface area is 143 Å². The standard InChI is InChI=1S/C20H27N3O/c1-18(2,3)14-19(4,5)15-10-12-20(24,13-11-15)23-21-16-8-6-7-9-17(16)22-23/h6-12,24H,13-14H2,1-5H3. The summed E-state index contributed by atoms with van der Waals surface area (Å²) in [6.45, 7) is 11.3. The highest BCUT2D eigenvalue weighted by Gasteiger charge is 2.34. The van der Waals surface area contributed by atoms with Crippen LogP contribution in [0, 0.1) is 10.8 Å². The summed E-state index contributed by atoms with van der Waals surface area (Å²) >= 11 is 0. The molecule has 1 aromatic carbocycles. The summed E-state index contributed by atoms with van der Waals surface area (Å²) in [5, 5.41) is 19.8. The molecule has 0 spiro atoms. The van der Waals surface area contributed by atoms with Gasteiger partial charge >= 0.3 is 0 Å². The number of benzene rings is 1. The van der Waals surface area contributed by atoms with E-state index in [4.69, 9.17) is 0 Å². The van der Waals surface area contributed by atoms with Crippen LogP contribution in [-0.4, -0.2) is 20.1 Å². The van der Waals surface area contributed by atoms with Gasteiger partial charge in [0.15, 0.2) is 5.72 Å². The predicted octanol–water partition coefficient (Wildman–Crippen LogP) is 4.43. The van der Waals surface area contributed by atoms with Gasteiger partial charge in [-0.25, -0.2) is 0 Å². The van der Waals surface area contributed by atoms with E-state index >= 15 is 0 Å². The van der Waals surface area contributed by atoms with Gasteiger partial charge in [-0.15, -0.1) is 4.80 Å². The molecule has 0 fully saturated rings. The highest BCUT2D eigenvalue weighted by Crippen LogP contribution is 2.42. The van der Waals surface area contributed by atoms with Crippen LogP contribution >= 0.6 is 0 Å². The minimum absolute atomic E-state index is 0.0678. The molecule has 3 rings (SSSR count). The van der Waals surface area contributed by atoms with E-state index in [9.17, 15) is 5.11 Å². The Morgan fingerprint density at radius 1 is 1.08 bits per heavy atom. The molecule has 0 radical (unpaired) electrons. The zero-order valence-corrected chi connectivity index (χ0v) is 15.2. The molecule has 1 N–H and O–H groups in total. The molecule has 1 aliphatic rings. The van der Waals surface area contributed by atoms with Crippen LogP contribution in [0.4, 0.5) is 0 Å². The molecule has 24 heavy (non-hydrogen) atoms. The van der Waals surface area contributed by atoms with Gasteiger partial charge in [0.1, 0.15) is 11.0 Å². The number of allylic oxidation sites excluding steroid dienone is 2. The van der Waals surface area contributed by atoms with Crippen LogP contribution < -0.4 is 0 Å². The van der Waals surface area contributed by atoms with E-state index in [-0.39, 0.29) is 10.8 Å². The van der Waals surface area contributed by atoms with Gasteiger partial charge in [0.25, 0.3) is 0 Å². The molecule has 128 valence electrons. The summed E-state index contributed by atoms with van der Waals surface area (Å²) in [7, 11) is 0. The van der Waals surface area contributed by atoms with E-state index in [1.807, 2.05) is 36.4 Å². The molecule has 0 bridgehead atoms. The first-order valence-electron chi connectivity index (χ1n) is 8.54. The van der Waals surface area contributed by atoms with Crippen LogP contribution in [0.15, 0.2) is 48.1 Å². The maximum Gasteiger partial charge on any atom is 0.199 e. The highest BCUT2D eigenvalue weighted by molar-refractivity contribution is 5.73. The average molecular weight is 325 g/mol. The molecule has 1 heterocycles. The van der Waals surface area contributed by atoms with Crippen molar-refractivity contribution < 1.29 is 5.11 Å². The molecule has 2 aromatic rings. The minimum Gasteiger partial charge on any atom is -0.364 e. The van der Waals surface area contributed by atoms with Crippen molar-refractivity contribution in [3.8, 4) is 0 Å². The van der Waals surface area contributed by atoms with Crippen LogP contribution in [0.1, 0.15) is 47.5 Å². The molecule has 0 saturated heterocycles. The van der Waals surface area contributed by atoms with Crippen LogP contribution in [0.3, 0.4) is 0 Å². The Morgan fingerprint density at radius 2 is 1.67 bits per heavy atom. The average Bonchev–Trinajstić information content (AvgIpc) is 2.90. The molecular formula is C20H27N3O. The number of hydrogen-bond donors (Lipinski definition) is 1. The summed E-state index contributed by atoms with van der Waals surface area (Å²) in [5.41, 5.74) is 1.98. The third kappa shape index (κ3) is 3.29. The Bertz CT molecular complexity index is 775. The van der Waals surface area contributed by atoms with Crippen molar-refractivity contribution in [1.29, 1.82) is 0 Å². The van der Waals surface area contributed by atoms with E-state index in [1.165, 1.54) is 10.4 Å². The summed E-state index contributed by atoms with van der Waals surface area (Å²) in [5.74, 6) is 0. The summed E-state index contributed by atoms with van der Waals surface area (Å²) < 4.78 is 0. The van der Waals surface area contributed by atoms with Gasteiger partial charge in [-0.2, -0.15) is 10.2 Å². The second kappa shape index (κ2) is 5.55. The summed E-state index contributed by atoms with van der Waals surface area (Å²) in [6, 6.07) is 7.66. The number of aromatic nitrogens is 3. The summed E-state index contributed by atoms with van der Waals surface area (Å²) in [6.07, 6.45) is 7.54. The van der Waals surface area contributed by atoms with E-state index < -0.39 is 5.72 Å². The normalized spacial score (nSPS) is 22.0. The van der Waals surface area contributed by atoms with E-state index in [0.717, 1.165) is 17.5 Å². The van der Waals surface area contributed by atoms with Crippen molar-refractivity contribution in [2.45, 2.75) is 53.2 Å². The van der Waals surface area contributed by atoms with Crippen molar-refractivity contribution in [2.24, 2.45) is 10.8 Å². The second-order valence-corrected chi connectivity index (χ2v) is 8.67. The predicted molar refractivity (Wildman–Crippen MR) is 97.4 cm³/mol. The maximum atomic E-state index is 11.0. The van der Waals surface area contributed by atoms with Crippen molar-refractivity contribution in [2.75, 3.05) is 0 Å². The zero-order valence-electron chi connectivity index (χ0n) is 15.2. The van der Waals surface area contributed by atoms with Crippen molar-refractivity contribution in [3.05, 3.63) is 48.1 Å². The van der Waals surface area contributed by atoms with Gasteiger partial charge in [-0.3, -0.25) is 0 Å². The van der Waals surface area contributed by atoms with Crippen LogP contribution in [0.5, 0.6) is 0 Å². The van der Waals surface area contributed by atoms with E-state index in [0.29, 0.717) is 6.42 Å². The van der Waals surface area contributed by atoms with Crippen molar-refractivity contribution in [1.82, 2.24) is 15.0 Å². The lowest BCUT2D eigenvalue weighted by atomic mass is 9.70. The quantitative estimate of drug-likeness (QED) is 0.908. The maximum absolute atomic E-state index is 11.0. The van der Waals surface area contributed by atoms with E-state index in [1.54, 1.807) is 0 Å².